The summed E-state index contributed by atoms with van der Waals surface area (Å²) in [6.45, 7) is 5.34. The van der Waals surface area contributed by atoms with Crippen molar-refractivity contribution in [1.29, 1.82) is 0 Å². The molecule has 0 aromatic carbocycles. The molecule has 1 aromatic rings. The molecular formula is C12H21N5. The van der Waals surface area contributed by atoms with Gasteiger partial charge in [0.15, 0.2) is 0 Å². The van der Waals surface area contributed by atoms with Gasteiger partial charge in [0.05, 0.1) is 0 Å². The molecule has 3 N–H and O–H groups in total. The van der Waals surface area contributed by atoms with E-state index in [2.05, 4.69) is 41.2 Å². The largest absolute Gasteiger partial charge is 0.359 e. The first-order chi connectivity index (χ1) is 8.13. The van der Waals surface area contributed by atoms with Crippen molar-refractivity contribution in [3.8, 4) is 0 Å². The lowest BCUT2D eigenvalue weighted by Crippen LogP contribution is -2.24. The zero-order valence-corrected chi connectivity index (χ0v) is 10.8. The molecule has 1 aliphatic rings. The number of hydrogen-bond donors (Lipinski definition) is 2. The molecule has 0 spiro atoms. The van der Waals surface area contributed by atoms with Crippen LogP contribution in [-0.2, 0) is 0 Å². The van der Waals surface area contributed by atoms with Crippen LogP contribution in [0.3, 0.4) is 0 Å². The predicted molar refractivity (Wildman–Crippen MR) is 69.9 cm³/mol. The maximum atomic E-state index is 5.51. The Morgan fingerprint density at radius 1 is 1.47 bits per heavy atom. The van der Waals surface area contributed by atoms with Crippen molar-refractivity contribution >= 4 is 11.6 Å². The first kappa shape index (κ1) is 12.1. The lowest BCUT2D eigenvalue weighted by molar-refractivity contribution is 0.754. The average molecular weight is 235 g/mol. The van der Waals surface area contributed by atoms with Crippen molar-refractivity contribution < 1.29 is 0 Å². The van der Waals surface area contributed by atoms with Crippen molar-refractivity contribution in [2.24, 2.45) is 11.8 Å². The molecule has 1 aromatic heterocycles. The fourth-order valence-electron chi connectivity index (χ4n) is 2.11. The topological polar surface area (TPSA) is 67.1 Å². The van der Waals surface area contributed by atoms with Crippen LogP contribution in [0, 0.1) is 5.92 Å². The molecule has 2 rings (SSSR count). The molecule has 5 heteroatoms. The molecule has 0 atom stereocenters. The van der Waals surface area contributed by atoms with Crippen LogP contribution in [0.1, 0.15) is 38.2 Å². The minimum atomic E-state index is 0.346. The molecule has 1 fully saturated rings. The Morgan fingerprint density at radius 2 is 2.18 bits per heavy atom. The maximum Gasteiger partial charge on any atom is 0.148 e. The second kappa shape index (κ2) is 4.87. The molecular weight excluding hydrogens is 214 g/mol. The molecule has 5 nitrogen and oxygen atoms in total. The highest BCUT2D eigenvalue weighted by Crippen LogP contribution is 2.34. The number of nitrogens with zero attached hydrogens (tertiary/aromatic N) is 3. The van der Waals surface area contributed by atoms with Gasteiger partial charge in [-0.1, -0.05) is 13.8 Å². The van der Waals surface area contributed by atoms with E-state index in [0.717, 1.165) is 29.7 Å². The molecule has 1 aliphatic carbocycles. The van der Waals surface area contributed by atoms with Crippen LogP contribution in [0.4, 0.5) is 11.6 Å². The first-order valence-electron chi connectivity index (χ1n) is 6.16. The van der Waals surface area contributed by atoms with Gasteiger partial charge in [0.25, 0.3) is 0 Å². The van der Waals surface area contributed by atoms with Crippen molar-refractivity contribution in [3.05, 3.63) is 11.9 Å². The highest BCUT2D eigenvalue weighted by molar-refractivity contribution is 5.59. The van der Waals surface area contributed by atoms with E-state index in [9.17, 15) is 0 Å². The summed E-state index contributed by atoms with van der Waals surface area (Å²) < 4.78 is 0. The van der Waals surface area contributed by atoms with E-state index in [-0.39, 0.29) is 0 Å². The van der Waals surface area contributed by atoms with Crippen molar-refractivity contribution in [2.45, 2.75) is 32.6 Å². The number of rotatable bonds is 5. The summed E-state index contributed by atoms with van der Waals surface area (Å²) in [5, 5.41) is 0. The molecule has 0 aliphatic heterocycles. The summed E-state index contributed by atoms with van der Waals surface area (Å²) in [5.74, 6) is 8.42. The quantitative estimate of drug-likeness (QED) is 0.601. The van der Waals surface area contributed by atoms with Crippen LogP contribution >= 0.6 is 0 Å². The van der Waals surface area contributed by atoms with Gasteiger partial charge in [0.1, 0.15) is 18.0 Å². The fraction of sp³-hybridized carbons (Fsp3) is 0.667. The smallest absolute Gasteiger partial charge is 0.148 e. The van der Waals surface area contributed by atoms with Gasteiger partial charge in [-0.2, -0.15) is 0 Å². The third-order valence-electron chi connectivity index (χ3n) is 3.17. The lowest BCUT2D eigenvalue weighted by atomic mass is 10.0. The van der Waals surface area contributed by atoms with E-state index in [1.807, 2.05) is 0 Å². The summed E-state index contributed by atoms with van der Waals surface area (Å²) in [6.07, 6.45) is 4.25. The number of nitrogens with one attached hydrogen (secondary N) is 1. The molecule has 0 bridgehead atoms. The highest BCUT2D eigenvalue weighted by atomic mass is 15.3. The van der Waals surface area contributed by atoms with Gasteiger partial charge in [-0.3, -0.25) is 0 Å². The number of hydrazine groups is 1. The second-order valence-electron chi connectivity index (χ2n) is 5.08. The summed E-state index contributed by atoms with van der Waals surface area (Å²) in [5.41, 5.74) is 3.76. The Morgan fingerprint density at radius 3 is 2.71 bits per heavy atom. The average Bonchev–Trinajstić information content (AvgIpc) is 3.11. The summed E-state index contributed by atoms with van der Waals surface area (Å²) >= 11 is 0. The minimum absolute atomic E-state index is 0.346. The maximum absolute atomic E-state index is 5.51. The Kier molecular flexibility index (Phi) is 3.47. The van der Waals surface area contributed by atoms with E-state index in [4.69, 9.17) is 5.84 Å². The highest BCUT2D eigenvalue weighted by Gasteiger charge is 2.25. The molecule has 0 saturated heterocycles. The monoisotopic (exact) mass is 235 g/mol. The zero-order valence-electron chi connectivity index (χ0n) is 10.8. The fourth-order valence-corrected chi connectivity index (χ4v) is 2.11. The van der Waals surface area contributed by atoms with Crippen molar-refractivity contribution in [3.63, 3.8) is 0 Å². The first-order valence-corrected chi connectivity index (χ1v) is 6.16. The number of aromatic nitrogens is 2. The standard InChI is InChI=1S/C12H21N5/c1-8(2)10-11(16-13)14-7-15-12(10)17(3)6-9-4-5-9/h7-9H,4-6,13H2,1-3H3,(H,14,15,16). The van der Waals surface area contributed by atoms with E-state index in [1.165, 1.54) is 12.8 Å². The van der Waals surface area contributed by atoms with Crippen LogP contribution in [0.2, 0.25) is 0 Å². The minimum Gasteiger partial charge on any atom is -0.359 e. The Balaban J connectivity index is 2.29. The number of anilines is 2. The molecule has 1 saturated carbocycles. The van der Waals surface area contributed by atoms with Crippen LogP contribution in [-0.4, -0.2) is 23.6 Å². The van der Waals surface area contributed by atoms with Gasteiger partial charge in [-0.05, 0) is 24.7 Å². The third kappa shape index (κ3) is 2.66. The van der Waals surface area contributed by atoms with E-state index < -0.39 is 0 Å². The van der Waals surface area contributed by atoms with E-state index >= 15 is 0 Å². The Labute approximate surface area is 102 Å². The summed E-state index contributed by atoms with van der Waals surface area (Å²) in [7, 11) is 2.09. The lowest BCUT2D eigenvalue weighted by Gasteiger charge is -2.23. The van der Waals surface area contributed by atoms with Crippen LogP contribution in [0.5, 0.6) is 0 Å². The van der Waals surface area contributed by atoms with Gasteiger partial charge in [-0.15, -0.1) is 0 Å². The van der Waals surface area contributed by atoms with Gasteiger partial charge in [0, 0.05) is 19.2 Å². The van der Waals surface area contributed by atoms with Crippen LogP contribution in [0.25, 0.3) is 0 Å². The molecule has 0 radical (unpaired) electrons. The van der Waals surface area contributed by atoms with E-state index in [0.29, 0.717) is 5.92 Å². The zero-order chi connectivity index (χ0) is 12.4. The number of hydrogen-bond acceptors (Lipinski definition) is 5. The predicted octanol–water partition coefficient (Wildman–Crippen LogP) is 1.73. The molecule has 17 heavy (non-hydrogen) atoms. The Hall–Kier alpha value is -1.36. The van der Waals surface area contributed by atoms with Gasteiger partial charge in [-0.25, -0.2) is 15.8 Å². The summed E-state index contributed by atoms with van der Waals surface area (Å²) in [6, 6.07) is 0. The number of nitrogens with two attached hydrogens (primary N) is 1. The second-order valence-corrected chi connectivity index (χ2v) is 5.08. The van der Waals surface area contributed by atoms with E-state index in [1.54, 1.807) is 6.33 Å². The Bertz CT molecular complexity index is 386. The normalized spacial score (nSPS) is 15.1. The van der Waals surface area contributed by atoms with Crippen LogP contribution in [0.15, 0.2) is 6.33 Å². The molecule has 1 heterocycles. The number of nitrogen functional groups attached to an aromatic ring is 1. The van der Waals surface area contributed by atoms with Gasteiger partial charge < -0.3 is 10.3 Å². The van der Waals surface area contributed by atoms with Crippen molar-refractivity contribution in [2.75, 3.05) is 23.9 Å². The summed E-state index contributed by atoms with van der Waals surface area (Å²) in [4.78, 5) is 10.8. The molecule has 94 valence electrons. The SMILES string of the molecule is CC(C)c1c(NN)ncnc1N(C)CC1CC1. The third-order valence-corrected chi connectivity index (χ3v) is 3.17. The van der Waals surface area contributed by atoms with Crippen molar-refractivity contribution in [1.82, 2.24) is 9.97 Å². The van der Waals surface area contributed by atoms with Gasteiger partial charge in [0.2, 0.25) is 0 Å². The van der Waals surface area contributed by atoms with Gasteiger partial charge >= 0.3 is 0 Å². The van der Waals surface area contributed by atoms with Crippen LogP contribution < -0.4 is 16.2 Å². The molecule has 0 amide bonds. The molecule has 0 unspecified atom stereocenters.